The fraction of sp³-hybridized carbons (Fsp3) is 0.600. The first-order valence-electron chi connectivity index (χ1n) is 6.77. The Bertz CT molecular complexity index is 453. The maximum Gasteiger partial charge on any atom is 0.166 e. The Hall–Kier alpha value is -0.830. The maximum atomic E-state index is 12.6. The van der Waals surface area contributed by atoms with Crippen molar-refractivity contribution in [1.29, 1.82) is 0 Å². The van der Waals surface area contributed by atoms with E-state index in [0.29, 0.717) is 5.78 Å². The molecule has 2 fully saturated rings. The molecule has 0 amide bonds. The highest BCUT2D eigenvalue weighted by Gasteiger charge is 2.37. The van der Waals surface area contributed by atoms with Crippen molar-refractivity contribution in [2.45, 2.75) is 50.0 Å². The number of nitrogens with zero attached hydrogens (tertiary/aromatic N) is 1. The summed E-state index contributed by atoms with van der Waals surface area (Å²) < 4.78 is 0. The van der Waals surface area contributed by atoms with Crippen molar-refractivity contribution in [3.05, 3.63) is 29.1 Å². The standard InChI is InChI=1S/C15H19NOS/c1-9-5-11(6-10(2)16-9)15(17)12-7-13-3-4-14(8-12)18-13/h5-6,12-14H,3-4,7-8H2,1-2H3. The average Bonchev–Trinajstić information content (AvgIpc) is 2.66. The van der Waals surface area contributed by atoms with Crippen molar-refractivity contribution in [3.63, 3.8) is 0 Å². The minimum atomic E-state index is 0.255. The fourth-order valence-electron chi connectivity index (χ4n) is 3.28. The fourth-order valence-corrected chi connectivity index (χ4v) is 5.06. The third kappa shape index (κ3) is 2.33. The van der Waals surface area contributed by atoms with Crippen molar-refractivity contribution >= 4 is 17.5 Å². The Labute approximate surface area is 113 Å². The number of thioether (sulfide) groups is 1. The lowest BCUT2D eigenvalue weighted by Gasteiger charge is -2.26. The van der Waals surface area contributed by atoms with Crippen LogP contribution in [0.25, 0.3) is 0 Å². The number of pyridine rings is 1. The first-order valence-corrected chi connectivity index (χ1v) is 7.71. The van der Waals surface area contributed by atoms with Crippen LogP contribution in [0.1, 0.15) is 47.4 Å². The van der Waals surface area contributed by atoms with E-state index in [4.69, 9.17) is 0 Å². The lowest BCUT2D eigenvalue weighted by Crippen LogP contribution is -2.25. The Balaban J connectivity index is 1.81. The van der Waals surface area contributed by atoms with Crippen molar-refractivity contribution in [2.24, 2.45) is 5.92 Å². The van der Waals surface area contributed by atoms with Crippen LogP contribution in [0.4, 0.5) is 0 Å². The van der Waals surface area contributed by atoms with Gasteiger partial charge >= 0.3 is 0 Å². The lowest BCUT2D eigenvalue weighted by atomic mass is 9.90. The Morgan fingerprint density at radius 1 is 1.17 bits per heavy atom. The van der Waals surface area contributed by atoms with E-state index in [9.17, 15) is 4.79 Å². The summed E-state index contributed by atoms with van der Waals surface area (Å²) in [6, 6.07) is 3.89. The van der Waals surface area contributed by atoms with Gasteiger partial charge in [0.1, 0.15) is 0 Å². The zero-order valence-corrected chi connectivity index (χ0v) is 11.8. The number of aryl methyl sites for hydroxylation is 2. The van der Waals surface area contributed by atoms with E-state index >= 15 is 0 Å². The van der Waals surface area contributed by atoms with Crippen LogP contribution in [0, 0.1) is 19.8 Å². The molecule has 1 aromatic rings. The number of rotatable bonds is 2. The highest BCUT2D eigenvalue weighted by Crippen LogP contribution is 2.46. The molecule has 0 saturated carbocycles. The Morgan fingerprint density at radius 2 is 1.72 bits per heavy atom. The topological polar surface area (TPSA) is 30.0 Å². The normalized spacial score (nSPS) is 30.4. The predicted octanol–water partition coefficient (Wildman–Crippen LogP) is 3.56. The molecular weight excluding hydrogens is 242 g/mol. The molecule has 1 aromatic heterocycles. The van der Waals surface area contributed by atoms with Gasteiger partial charge in [-0.1, -0.05) is 0 Å². The number of aromatic nitrogens is 1. The minimum Gasteiger partial charge on any atom is -0.294 e. The molecule has 0 spiro atoms. The molecule has 96 valence electrons. The van der Waals surface area contributed by atoms with Gasteiger partial charge in [-0.3, -0.25) is 9.78 Å². The monoisotopic (exact) mass is 261 g/mol. The zero-order chi connectivity index (χ0) is 12.7. The van der Waals surface area contributed by atoms with Crippen LogP contribution in [0.15, 0.2) is 12.1 Å². The lowest BCUT2D eigenvalue weighted by molar-refractivity contribution is 0.0906. The summed E-state index contributed by atoms with van der Waals surface area (Å²) in [5.74, 6) is 0.603. The highest BCUT2D eigenvalue weighted by molar-refractivity contribution is 8.00. The first kappa shape index (κ1) is 12.2. The van der Waals surface area contributed by atoms with E-state index in [2.05, 4.69) is 16.7 Å². The van der Waals surface area contributed by atoms with Gasteiger partial charge in [0.05, 0.1) is 0 Å². The summed E-state index contributed by atoms with van der Waals surface area (Å²) in [4.78, 5) is 16.9. The van der Waals surface area contributed by atoms with E-state index in [1.807, 2.05) is 26.0 Å². The van der Waals surface area contributed by atoms with Gasteiger partial charge in [-0.05, 0) is 51.7 Å². The summed E-state index contributed by atoms with van der Waals surface area (Å²) in [6.07, 6.45) is 4.79. The Morgan fingerprint density at radius 3 is 2.28 bits per heavy atom. The number of carbonyl (C=O) groups is 1. The number of fused-ring (bicyclic) bond motifs is 2. The van der Waals surface area contributed by atoms with Gasteiger partial charge in [0.15, 0.2) is 5.78 Å². The molecule has 2 nitrogen and oxygen atoms in total. The first-order chi connectivity index (χ1) is 8.61. The predicted molar refractivity (Wildman–Crippen MR) is 75.2 cm³/mol. The third-order valence-corrected chi connectivity index (χ3v) is 5.65. The van der Waals surface area contributed by atoms with Crippen molar-refractivity contribution < 1.29 is 4.79 Å². The van der Waals surface area contributed by atoms with Gasteiger partial charge in [-0.2, -0.15) is 11.8 Å². The van der Waals surface area contributed by atoms with Crippen molar-refractivity contribution in [3.8, 4) is 0 Å². The molecule has 3 rings (SSSR count). The molecule has 2 atom stereocenters. The van der Waals surface area contributed by atoms with Crippen molar-refractivity contribution in [1.82, 2.24) is 4.98 Å². The van der Waals surface area contributed by atoms with Crippen LogP contribution in [0.3, 0.4) is 0 Å². The van der Waals surface area contributed by atoms with Gasteiger partial charge in [0.2, 0.25) is 0 Å². The quantitative estimate of drug-likeness (QED) is 0.763. The molecular formula is C15H19NOS. The van der Waals surface area contributed by atoms with Gasteiger partial charge < -0.3 is 0 Å². The van der Waals surface area contributed by atoms with Gasteiger partial charge in [0, 0.05) is 33.4 Å². The van der Waals surface area contributed by atoms with Gasteiger partial charge in [-0.25, -0.2) is 0 Å². The smallest absolute Gasteiger partial charge is 0.166 e. The van der Waals surface area contributed by atoms with Crippen LogP contribution in [-0.4, -0.2) is 21.3 Å². The Kier molecular flexibility index (Phi) is 3.18. The van der Waals surface area contributed by atoms with Gasteiger partial charge in [-0.15, -0.1) is 0 Å². The SMILES string of the molecule is Cc1cc(C(=O)C2CC3CCC(C2)S3)cc(C)n1. The molecule has 0 aliphatic carbocycles. The molecule has 3 heterocycles. The molecule has 2 saturated heterocycles. The molecule has 3 heteroatoms. The molecule has 0 radical (unpaired) electrons. The van der Waals surface area contributed by atoms with E-state index < -0.39 is 0 Å². The minimum absolute atomic E-state index is 0.255. The van der Waals surface area contributed by atoms with Crippen LogP contribution < -0.4 is 0 Å². The molecule has 18 heavy (non-hydrogen) atoms. The van der Waals surface area contributed by atoms with Crippen LogP contribution in [0.2, 0.25) is 0 Å². The number of ketones is 1. The highest BCUT2D eigenvalue weighted by atomic mass is 32.2. The molecule has 2 aliphatic heterocycles. The van der Waals surface area contributed by atoms with Crippen LogP contribution in [-0.2, 0) is 0 Å². The molecule has 2 unspecified atom stereocenters. The van der Waals surface area contributed by atoms with E-state index in [0.717, 1.165) is 40.3 Å². The van der Waals surface area contributed by atoms with Crippen molar-refractivity contribution in [2.75, 3.05) is 0 Å². The summed E-state index contributed by atoms with van der Waals surface area (Å²) in [5.41, 5.74) is 2.77. The molecule has 0 N–H and O–H groups in total. The molecule has 2 bridgehead atoms. The number of hydrogen-bond donors (Lipinski definition) is 0. The van der Waals surface area contributed by atoms with Crippen LogP contribution in [0.5, 0.6) is 0 Å². The van der Waals surface area contributed by atoms with E-state index in [-0.39, 0.29) is 5.92 Å². The average molecular weight is 261 g/mol. The second kappa shape index (κ2) is 4.69. The van der Waals surface area contributed by atoms with E-state index in [1.165, 1.54) is 12.8 Å². The summed E-state index contributed by atoms with van der Waals surface area (Å²) in [7, 11) is 0. The van der Waals surface area contributed by atoms with Gasteiger partial charge in [0.25, 0.3) is 0 Å². The molecule has 2 aliphatic rings. The second-order valence-electron chi connectivity index (χ2n) is 5.63. The third-order valence-electron chi connectivity index (χ3n) is 4.03. The maximum absolute atomic E-state index is 12.6. The van der Waals surface area contributed by atoms with Crippen LogP contribution >= 0.6 is 11.8 Å². The zero-order valence-electron chi connectivity index (χ0n) is 11.0. The number of hydrogen-bond acceptors (Lipinski definition) is 3. The summed E-state index contributed by atoms with van der Waals surface area (Å²) in [5, 5.41) is 1.48. The summed E-state index contributed by atoms with van der Waals surface area (Å²) in [6.45, 7) is 3.92. The number of carbonyl (C=O) groups excluding carboxylic acids is 1. The number of Topliss-reactive ketones (excluding diaryl/α,β-unsaturated/α-hetero) is 1. The second-order valence-corrected chi connectivity index (χ2v) is 7.23. The van der Waals surface area contributed by atoms with E-state index in [1.54, 1.807) is 0 Å². The largest absolute Gasteiger partial charge is 0.294 e. The summed E-state index contributed by atoms with van der Waals surface area (Å²) >= 11 is 2.11. The molecule has 0 aromatic carbocycles.